The summed E-state index contributed by atoms with van der Waals surface area (Å²) in [4.78, 5) is 5.42. The third kappa shape index (κ3) is 4.94. The molecule has 0 saturated carbocycles. The van der Waals surface area contributed by atoms with E-state index < -0.39 is 0 Å². The number of rotatable bonds is 4. The first kappa shape index (κ1) is 31.8. The number of hydrogen-bond acceptors (Lipinski definition) is 2. The van der Waals surface area contributed by atoms with Crippen molar-refractivity contribution in [3.8, 4) is 44.6 Å². The molecule has 0 aliphatic carbocycles. The van der Waals surface area contributed by atoms with Crippen LogP contribution in [0.25, 0.3) is 121 Å². The average Bonchev–Trinajstić information content (AvgIpc) is 3.67. The van der Waals surface area contributed by atoms with Crippen LogP contribution in [0.5, 0.6) is 0 Å². The summed E-state index contributed by atoms with van der Waals surface area (Å²) in [5.41, 5.74) is 11.7. The Kier molecular flexibility index (Phi) is 6.96. The van der Waals surface area contributed by atoms with Crippen molar-refractivity contribution in [2.45, 2.75) is 0 Å². The summed E-state index contributed by atoms with van der Waals surface area (Å²) in [6.07, 6.45) is 0. The number of hydrogen-bond donors (Lipinski definition) is 0. The summed E-state index contributed by atoms with van der Waals surface area (Å²) in [5, 5.41) is 13.3. The van der Waals surface area contributed by atoms with Crippen molar-refractivity contribution in [1.29, 1.82) is 0 Å². The van der Waals surface area contributed by atoms with Gasteiger partial charge in [0.1, 0.15) is 11.2 Å². The summed E-state index contributed by atoms with van der Waals surface area (Å²) in [7, 11) is 0. The normalized spacial score (nSPS) is 11.9. The largest absolute Gasteiger partial charge is 0.456 e. The van der Waals surface area contributed by atoms with Crippen molar-refractivity contribution in [2.24, 2.45) is 0 Å². The molecule has 0 amide bonds. The third-order valence-corrected chi connectivity index (χ3v) is 11.8. The van der Waals surface area contributed by atoms with Crippen LogP contribution in [0, 0.1) is 0 Å². The predicted molar refractivity (Wildman–Crippen MR) is 241 cm³/mol. The van der Waals surface area contributed by atoms with Crippen LogP contribution in [-0.2, 0) is 0 Å². The standard InChI is InChI=1S/C55H33NO/c1-3-14-34(15-4-1)46-32-49-48(33-51(35-16-5-2-6-17-35)56-55(49)45-23-12-11-22-42(45)46)44-24-13-25-53-54(44)50-31-37(27-29-52(50)57-53)36-26-28-43-40-20-8-7-18-38(40)39-19-9-10-21-41(39)47(43)30-36/h1-33H. The number of fused-ring (bicyclic) bond motifs is 12. The van der Waals surface area contributed by atoms with Crippen molar-refractivity contribution >= 4 is 75.9 Å². The maximum Gasteiger partial charge on any atom is 0.136 e. The molecule has 0 radical (unpaired) electrons. The monoisotopic (exact) mass is 723 g/mol. The molecule has 0 aliphatic heterocycles. The first-order chi connectivity index (χ1) is 28.3. The lowest BCUT2D eigenvalue weighted by molar-refractivity contribution is 0.669. The Labute approximate surface area is 328 Å². The smallest absolute Gasteiger partial charge is 0.136 e. The number of furan rings is 1. The topological polar surface area (TPSA) is 26.0 Å². The van der Waals surface area contributed by atoms with Gasteiger partial charge in [-0.1, -0.05) is 164 Å². The van der Waals surface area contributed by atoms with E-state index in [1.54, 1.807) is 0 Å². The molecule has 10 aromatic carbocycles. The Morgan fingerprint density at radius 3 is 1.54 bits per heavy atom. The van der Waals surface area contributed by atoms with Gasteiger partial charge in [0.2, 0.25) is 0 Å². The van der Waals surface area contributed by atoms with E-state index in [0.717, 1.165) is 66.2 Å². The zero-order chi connectivity index (χ0) is 37.5. The van der Waals surface area contributed by atoms with Crippen LogP contribution in [-0.4, -0.2) is 4.98 Å². The van der Waals surface area contributed by atoms with E-state index in [2.05, 4.69) is 200 Å². The number of aromatic nitrogens is 1. The SMILES string of the molecule is c1ccc(-c2cc(-c3cccc4oc5ccc(-c6ccc7c8ccccc8c8ccccc8c7c6)cc5c34)c3cc(-c4ccccc4)c4ccccc4c3n2)cc1. The van der Waals surface area contributed by atoms with Gasteiger partial charge in [0, 0.05) is 27.1 Å². The average molecular weight is 724 g/mol. The van der Waals surface area contributed by atoms with Crippen molar-refractivity contribution in [3.05, 3.63) is 200 Å². The fourth-order valence-corrected chi connectivity index (χ4v) is 9.21. The lowest BCUT2D eigenvalue weighted by Gasteiger charge is -2.16. The van der Waals surface area contributed by atoms with Gasteiger partial charge in [-0.25, -0.2) is 4.98 Å². The molecular weight excluding hydrogens is 691 g/mol. The molecule has 2 aromatic heterocycles. The van der Waals surface area contributed by atoms with Crippen LogP contribution in [0.1, 0.15) is 0 Å². The Balaban J connectivity index is 1.13. The maximum absolute atomic E-state index is 6.66. The highest BCUT2D eigenvalue weighted by Gasteiger charge is 2.20. The van der Waals surface area contributed by atoms with Gasteiger partial charge in [0.15, 0.2) is 0 Å². The number of benzene rings is 10. The maximum atomic E-state index is 6.66. The molecule has 2 heteroatoms. The fraction of sp³-hybridized carbons (Fsp3) is 0. The molecule has 264 valence electrons. The van der Waals surface area contributed by atoms with E-state index in [9.17, 15) is 0 Å². The predicted octanol–water partition coefficient (Wildman–Crippen LogP) is 15.4. The Bertz CT molecular complexity index is 3530. The van der Waals surface area contributed by atoms with Crippen molar-refractivity contribution < 1.29 is 4.42 Å². The molecule has 0 spiro atoms. The van der Waals surface area contributed by atoms with Crippen LogP contribution in [0.4, 0.5) is 0 Å². The van der Waals surface area contributed by atoms with E-state index in [0.29, 0.717) is 0 Å². The van der Waals surface area contributed by atoms with Crippen LogP contribution in [0.15, 0.2) is 205 Å². The lowest BCUT2D eigenvalue weighted by Crippen LogP contribution is -1.93. The minimum absolute atomic E-state index is 0.867. The third-order valence-electron chi connectivity index (χ3n) is 11.8. The summed E-state index contributed by atoms with van der Waals surface area (Å²) >= 11 is 0. The van der Waals surface area contributed by atoms with E-state index in [1.165, 1.54) is 54.4 Å². The van der Waals surface area contributed by atoms with Gasteiger partial charge in [-0.15, -0.1) is 0 Å². The molecular formula is C55H33NO. The van der Waals surface area contributed by atoms with Gasteiger partial charge in [-0.2, -0.15) is 0 Å². The first-order valence-electron chi connectivity index (χ1n) is 19.5. The van der Waals surface area contributed by atoms with Gasteiger partial charge in [-0.05, 0) is 107 Å². The zero-order valence-electron chi connectivity index (χ0n) is 30.9. The molecule has 12 aromatic rings. The van der Waals surface area contributed by atoms with E-state index in [1.807, 2.05) is 0 Å². The lowest BCUT2D eigenvalue weighted by atomic mass is 9.89. The molecule has 0 aliphatic rings. The second-order valence-corrected chi connectivity index (χ2v) is 15.0. The molecule has 0 atom stereocenters. The highest BCUT2D eigenvalue weighted by Crippen LogP contribution is 2.45. The summed E-state index contributed by atoms with van der Waals surface area (Å²) in [5.74, 6) is 0. The minimum Gasteiger partial charge on any atom is -0.456 e. The van der Waals surface area contributed by atoms with Crippen LogP contribution in [0.2, 0.25) is 0 Å². The second kappa shape index (κ2) is 12.5. The molecule has 0 unspecified atom stereocenters. The van der Waals surface area contributed by atoms with Gasteiger partial charge >= 0.3 is 0 Å². The summed E-state index contributed by atoms with van der Waals surface area (Å²) in [6.45, 7) is 0. The summed E-state index contributed by atoms with van der Waals surface area (Å²) in [6, 6.07) is 72.1. The molecule has 0 bridgehead atoms. The Morgan fingerprint density at radius 2 is 0.842 bits per heavy atom. The first-order valence-corrected chi connectivity index (χ1v) is 19.5. The molecule has 0 N–H and O–H groups in total. The molecule has 2 heterocycles. The van der Waals surface area contributed by atoms with Crippen LogP contribution in [0.3, 0.4) is 0 Å². The van der Waals surface area contributed by atoms with Gasteiger partial charge in [-0.3, -0.25) is 0 Å². The zero-order valence-corrected chi connectivity index (χ0v) is 30.9. The van der Waals surface area contributed by atoms with Crippen LogP contribution >= 0.6 is 0 Å². The fourth-order valence-electron chi connectivity index (χ4n) is 9.21. The highest BCUT2D eigenvalue weighted by molar-refractivity contribution is 6.26. The highest BCUT2D eigenvalue weighted by atomic mass is 16.3. The minimum atomic E-state index is 0.867. The molecule has 12 rings (SSSR count). The van der Waals surface area contributed by atoms with Crippen molar-refractivity contribution in [2.75, 3.05) is 0 Å². The molecule has 0 fully saturated rings. The Morgan fingerprint density at radius 1 is 0.281 bits per heavy atom. The van der Waals surface area contributed by atoms with Crippen LogP contribution < -0.4 is 0 Å². The second-order valence-electron chi connectivity index (χ2n) is 15.0. The van der Waals surface area contributed by atoms with Crippen molar-refractivity contribution in [3.63, 3.8) is 0 Å². The summed E-state index contributed by atoms with van der Waals surface area (Å²) < 4.78 is 6.66. The van der Waals surface area contributed by atoms with Crippen molar-refractivity contribution in [1.82, 2.24) is 4.98 Å². The Hall–Kier alpha value is -7.55. The van der Waals surface area contributed by atoms with Gasteiger partial charge in [0.05, 0.1) is 11.2 Å². The number of pyridine rings is 1. The van der Waals surface area contributed by atoms with E-state index >= 15 is 0 Å². The molecule has 0 saturated heterocycles. The van der Waals surface area contributed by atoms with E-state index in [4.69, 9.17) is 9.40 Å². The quantitative estimate of drug-likeness (QED) is 0.169. The van der Waals surface area contributed by atoms with Gasteiger partial charge < -0.3 is 4.42 Å². The molecule has 2 nitrogen and oxygen atoms in total. The molecule has 57 heavy (non-hydrogen) atoms. The van der Waals surface area contributed by atoms with Gasteiger partial charge in [0.25, 0.3) is 0 Å². The van der Waals surface area contributed by atoms with E-state index in [-0.39, 0.29) is 0 Å². The number of nitrogens with zero attached hydrogens (tertiary/aromatic N) is 1.